The molecule has 0 saturated carbocycles. The number of carbonyl (C=O) groups is 1. The molecule has 0 N–H and O–H groups in total. The van der Waals surface area contributed by atoms with Gasteiger partial charge in [-0.25, -0.2) is 0 Å². The van der Waals surface area contributed by atoms with E-state index in [4.69, 9.17) is 46.4 Å². The Morgan fingerprint density at radius 2 is 1.76 bits per heavy atom. The maximum atomic E-state index is 10.8. The van der Waals surface area contributed by atoms with Gasteiger partial charge in [0, 0.05) is 18.2 Å². The number of hydrogen-bond acceptors (Lipinski definition) is 2. The summed E-state index contributed by atoms with van der Waals surface area (Å²) in [5, 5.41) is -0.108. The quantitative estimate of drug-likeness (QED) is 0.362. The molecule has 1 unspecified atom stereocenters. The average Bonchev–Trinajstić information content (AvgIpc) is 2.20. The lowest BCUT2D eigenvalue weighted by Gasteiger charge is -2.15. The number of alkyl halides is 4. The molecule has 0 aliphatic heterocycles. The minimum absolute atomic E-state index is 0.108. The van der Waals surface area contributed by atoms with Crippen molar-refractivity contribution < 1.29 is 9.53 Å². The van der Waals surface area contributed by atoms with Gasteiger partial charge in [-0.05, 0) is 12.8 Å². The third kappa shape index (κ3) is 12.9. The van der Waals surface area contributed by atoms with Crippen LogP contribution in [0.3, 0.4) is 0 Å². The van der Waals surface area contributed by atoms with Crippen LogP contribution >= 0.6 is 46.4 Å². The fourth-order valence-electron chi connectivity index (χ4n) is 1.44. The van der Waals surface area contributed by atoms with Crippen LogP contribution in [-0.4, -0.2) is 22.2 Å². The normalized spacial score (nSPS) is 13.5. The van der Waals surface area contributed by atoms with Crippen molar-refractivity contribution in [3.8, 4) is 0 Å². The number of carbonyl (C=O) groups excluding carboxylic acids is 1. The molecule has 6 heteroatoms. The highest BCUT2D eigenvalue weighted by atomic mass is 35.6. The van der Waals surface area contributed by atoms with E-state index in [2.05, 4.69) is 4.74 Å². The zero-order valence-electron chi connectivity index (χ0n) is 9.86. The first kappa shape index (κ1) is 17.6. The summed E-state index contributed by atoms with van der Waals surface area (Å²) in [4.78, 5) is 10.8. The molecule has 0 saturated heterocycles. The summed E-state index contributed by atoms with van der Waals surface area (Å²) in [7, 11) is 1.40. The SMILES string of the molecule is COC(=O)CCCCCCC(Cl)CC(Cl)(Cl)Cl. The van der Waals surface area contributed by atoms with E-state index in [0.717, 1.165) is 32.1 Å². The molecule has 0 heterocycles. The van der Waals surface area contributed by atoms with Crippen LogP contribution in [0, 0.1) is 0 Å². The molecule has 17 heavy (non-hydrogen) atoms. The molecule has 0 radical (unpaired) electrons. The van der Waals surface area contributed by atoms with Crippen LogP contribution in [-0.2, 0) is 9.53 Å². The summed E-state index contributed by atoms with van der Waals surface area (Å²) in [6.07, 6.45) is 5.52. The zero-order valence-corrected chi connectivity index (χ0v) is 12.9. The molecule has 0 bridgehead atoms. The van der Waals surface area contributed by atoms with E-state index in [1.165, 1.54) is 7.11 Å². The molecule has 1 atom stereocenters. The molecule has 0 aromatic carbocycles. The lowest BCUT2D eigenvalue weighted by Crippen LogP contribution is -2.11. The molecule has 0 aliphatic carbocycles. The van der Waals surface area contributed by atoms with Gasteiger partial charge in [-0.2, -0.15) is 0 Å². The second-order valence-electron chi connectivity index (χ2n) is 3.95. The highest BCUT2D eigenvalue weighted by Crippen LogP contribution is 2.34. The van der Waals surface area contributed by atoms with Gasteiger partial charge in [0.15, 0.2) is 3.79 Å². The Hall–Kier alpha value is 0.630. The Morgan fingerprint density at radius 3 is 2.29 bits per heavy atom. The van der Waals surface area contributed by atoms with Gasteiger partial charge in [0.25, 0.3) is 0 Å². The van der Waals surface area contributed by atoms with Crippen LogP contribution in [0.4, 0.5) is 0 Å². The van der Waals surface area contributed by atoms with Gasteiger partial charge >= 0.3 is 5.97 Å². The minimum Gasteiger partial charge on any atom is -0.469 e. The van der Waals surface area contributed by atoms with Gasteiger partial charge in [0.05, 0.1) is 7.11 Å². The summed E-state index contributed by atoms with van der Waals surface area (Å²) in [6.45, 7) is 0. The smallest absolute Gasteiger partial charge is 0.305 e. The predicted molar refractivity (Wildman–Crippen MR) is 74.3 cm³/mol. The summed E-state index contributed by atoms with van der Waals surface area (Å²) >= 11 is 22.9. The first-order chi connectivity index (χ1) is 7.85. The van der Waals surface area contributed by atoms with Gasteiger partial charge in [0.2, 0.25) is 0 Å². The van der Waals surface area contributed by atoms with Crippen LogP contribution in [0.2, 0.25) is 0 Å². The molecule has 0 aromatic rings. The molecule has 2 nitrogen and oxygen atoms in total. The molecule has 0 aliphatic rings. The summed E-state index contributed by atoms with van der Waals surface area (Å²) in [5.41, 5.74) is 0. The van der Waals surface area contributed by atoms with Crippen LogP contribution < -0.4 is 0 Å². The number of unbranched alkanes of at least 4 members (excludes halogenated alkanes) is 3. The van der Waals surface area contributed by atoms with Crippen LogP contribution in [0.15, 0.2) is 0 Å². The fraction of sp³-hybridized carbons (Fsp3) is 0.909. The van der Waals surface area contributed by atoms with E-state index in [-0.39, 0.29) is 11.3 Å². The maximum Gasteiger partial charge on any atom is 0.305 e. The molecule has 0 aromatic heterocycles. The van der Waals surface area contributed by atoms with Crippen molar-refractivity contribution in [2.75, 3.05) is 7.11 Å². The molecule has 0 rings (SSSR count). The van der Waals surface area contributed by atoms with Crippen molar-refractivity contribution in [1.82, 2.24) is 0 Å². The standard InChI is InChI=1S/C11H18Cl4O2/c1-17-10(16)7-5-3-2-4-6-9(12)8-11(13,14)15/h9H,2-8H2,1H3. The van der Waals surface area contributed by atoms with E-state index in [0.29, 0.717) is 12.8 Å². The lowest BCUT2D eigenvalue weighted by atomic mass is 10.1. The summed E-state index contributed by atoms with van der Waals surface area (Å²) < 4.78 is 3.28. The number of esters is 1. The fourth-order valence-corrected chi connectivity index (χ4v) is 2.63. The van der Waals surface area contributed by atoms with Crippen molar-refractivity contribution in [3.05, 3.63) is 0 Å². The van der Waals surface area contributed by atoms with Gasteiger partial charge in [-0.15, -0.1) is 11.6 Å². The number of ether oxygens (including phenoxy) is 1. The Balaban J connectivity index is 3.37. The predicted octanol–water partition coefficient (Wildman–Crippen LogP) is 4.87. The van der Waals surface area contributed by atoms with E-state index in [1.54, 1.807) is 0 Å². The second kappa shape index (κ2) is 9.55. The topological polar surface area (TPSA) is 26.3 Å². The van der Waals surface area contributed by atoms with Gasteiger partial charge < -0.3 is 4.74 Å². The minimum atomic E-state index is -1.27. The number of hydrogen-bond donors (Lipinski definition) is 0. The van der Waals surface area contributed by atoms with Gasteiger partial charge in [-0.3, -0.25) is 4.79 Å². The number of methoxy groups -OCH3 is 1. The zero-order chi connectivity index (χ0) is 13.3. The highest BCUT2D eigenvalue weighted by Gasteiger charge is 2.23. The summed E-state index contributed by atoms with van der Waals surface area (Å²) in [5.74, 6) is -0.156. The molecule has 0 spiro atoms. The van der Waals surface area contributed by atoms with Crippen LogP contribution in [0.25, 0.3) is 0 Å². The van der Waals surface area contributed by atoms with Crippen LogP contribution in [0.5, 0.6) is 0 Å². The third-order valence-electron chi connectivity index (χ3n) is 2.33. The van der Waals surface area contributed by atoms with Crippen molar-refractivity contribution in [3.63, 3.8) is 0 Å². The third-order valence-corrected chi connectivity index (χ3v) is 3.16. The summed E-state index contributed by atoms with van der Waals surface area (Å²) in [6, 6.07) is 0. The average molecular weight is 324 g/mol. The molecular formula is C11H18Cl4O2. The molecule has 0 amide bonds. The van der Waals surface area contributed by atoms with E-state index < -0.39 is 3.79 Å². The van der Waals surface area contributed by atoms with E-state index in [1.807, 2.05) is 0 Å². The maximum absolute atomic E-state index is 10.8. The molecule has 102 valence electrons. The van der Waals surface area contributed by atoms with E-state index in [9.17, 15) is 4.79 Å². The van der Waals surface area contributed by atoms with Crippen molar-refractivity contribution in [2.45, 2.75) is 54.1 Å². The van der Waals surface area contributed by atoms with Gasteiger partial charge in [0.1, 0.15) is 0 Å². The largest absolute Gasteiger partial charge is 0.469 e. The van der Waals surface area contributed by atoms with E-state index >= 15 is 0 Å². The monoisotopic (exact) mass is 322 g/mol. The Bertz CT molecular complexity index is 216. The Morgan fingerprint density at radius 1 is 1.18 bits per heavy atom. The Kier molecular flexibility index (Phi) is 9.90. The first-order valence-corrected chi connectivity index (χ1v) is 7.20. The Labute approximate surface area is 123 Å². The number of rotatable bonds is 8. The lowest BCUT2D eigenvalue weighted by molar-refractivity contribution is -0.140. The molecule has 0 fully saturated rings. The molecular weight excluding hydrogens is 306 g/mol. The van der Waals surface area contributed by atoms with Crippen LogP contribution in [0.1, 0.15) is 44.9 Å². The second-order valence-corrected chi connectivity index (χ2v) is 7.08. The van der Waals surface area contributed by atoms with Gasteiger partial charge in [-0.1, -0.05) is 54.1 Å². The highest BCUT2D eigenvalue weighted by molar-refractivity contribution is 6.67. The van der Waals surface area contributed by atoms with Crippen molar-refractivity contribution in [2.24, 2.45) is 0 Å². The van der Waals surface area contributed by atoms with Crippen molar-refractivity contribution in [1.29, 1.82) is 0 Å². The number of halogens is 4. The van der Waals surface area contributed by atoms with Crippen molar-refractivity contribution >= 4 is 52.4 Å². The first-order valence-electron chi connectivity index (χ1n) is 5.63.